The normalized spacial score (nSPS) is 41.8. The molecule has 3 saturated carbocycles. The number of allylic oxidation sites excluding steroid dienone is 2. The summed E-state index contributed by atoms with van der Waals surface area (Å²) in [6.07, 6.45) is 10.0. The summed E-state index contributed by atoms with van der Waals surface area (Å²) in [6, 6.07) is 9.15. The Hall–Kier alpha value is -2.42. The lowest BCUT2D eigenvalue weighted by atomic mass is 9.40. The first-order chi connectivity index (χ1) is 20.2. The maximum absolute atomic E-state index is 14.7. The van der Waals surface area contributed by atoms with E-state index in [-0.39, 0.29) is 29.4 Å². The van der Waals surface area contributed by atoms with Gasteiger partial charge in [0.25, 0.3) is 0 Å². The first-order valence-corrected chi connectivity index (χ1v) is 16.5. The Morgan fingerprint density at radius 1 is 0.977 bits per heavy atom. The molecule has 0 amide bonds. The van der Waals surface area contributed by atoms with Gasteiger partial charge in [-0.05, 0) is 93.6 Å². The molecule has 234 valence electrons. The Morgan fingerprint density at radius 3 is 2.37 bits per heavy atom. The third-order valence-corrected chi connectivity index (χ3v) is 13.4. The number of benzene rings is 1. The molecule has 0 radical (unpaired) electrons. The summed E-state index contributed by atoms with van der Waals surface area (Å²) in [4.78, 5) is 29.2. The van der Waals surface area contributed by atoms with Gasteiger partial charge in [0.05, 0.1) is 34.6 Å². The SMILES string of the molecule is CC(CCCC(C)(C)O)C1CCC2C1(C)CCC1C23C=CC2(CC(O)CC(O)C12C)n1c(=O)n(-c2ccccc2)c(=O)n13. The number of aromatic nitrogens is 3. The Kier molecular flexibility index (Phi) is 6.34. The molecule has 2 bridgehead atoms. The van der Waals surface area contributed by atoms with Gasteiger partial charge in [-0.25, -0.2) is 23.5 Å². The van der Waals surface area contributed by atoms with E-state index >= 15 is 0 Å². The smallest absolute Gasteiger partial charge is 0.352 e. The van der Waals surface area contributed by atoms with Gasteiger partial charge < -0.3 is 15.3 Å². The summed E-state index contributed by atoms with van der Waals surface area (Å²) in [5, 5.41) is 33.2. The second kappa shape index (κ2) is 9.30. The van der Waals surface area contributed by atoms with Crippen LogP contribution in [0.1, 0.15) is 92.4 Å². The number of hydrogen-bond acceptors (Lipinski definition) is 5. The molecule has 3 fully saturated rings. The molecule has 0 saturated heterocycles. The molecule has 2 aromatic rings. The Labute approximate surface area is 254 Å². The Morgan fingerprint density at radius 2 is 1.67 bits per heavy atom. The van der Waals surface area contributed by atoms with Crippen molar-refractivity contribution in [3.63, 3.8) is 0 Å². The number of aliphatic hydroxyl groups excluding tert-OH is 2. The largest absolute Gasteiger partial charge is 0.393 e. The lowest BCUT2D eigenvalue weighted by molar-refractivity contribution is -0.238. The predicted molar refractivity (Wildman–Crippen MR) is 165 cm³/mol. The van der Waals surface area contributed by atoms with E-state index in [1.807, 2.05) is 36.7 Å². The van der Waals surface area contributed by atoms with E-state index in [2.05, 4.69) is 32.9 Å². The Bertz CT molecular complexity index is 1570. The highest BCUT2D eigenvalue weighted by Crippen LogP contribution is 2.74. The Balaban J connectivity index is 1.42. The monoisotopic (exact) mass is 591 g/mol. The molecule has 10 atom stereocenters. The van der Waals surface area contributed by atoms with Crippen molar-refractivity contribution in [3.05, 3.63) is 63.5 Å². The zero-order valence-electron chi connectivity index (χ0n) is 26.4. The molecule has 43 heavy (non-hydrogen) atoms. The van der Waals surface area contributed by atoms with Gasteiger partial charge in [0, 0.05) is 11.8 Å². The van der Waals surface area contributed by atoms with Crippen LogP contribution in [0.25, 0.3) is 5.69 Å². The quantitative estimate of drug-likeness (QED) is 0.434. The molecule has 3 heterocycles. The fourth-order valence-electron chi connectivity index (χ4n) is 11.5. The van der Waals surface area contributed by atoms with Crippen LogP contribution in [0.4, 0.5) is 0 Å². The number of para-hydroxylation sites is 1. The number of hydrogen-bond donors (Lipinski definition) is 3. The molecule has 10 unspecified atom stereocenters. The first kappa shape index (κ1) is 29.3. The third kappa shape index (κ3) is 3.60. The van der Waals surface area contributed by atoms with Crippen LogP contribution in [0, 0.1) is 34.5 Å². The maximum atomic E-state index is 14.7. The third-order valence-electron chi connectivity index (χ3n) is 13.4. The zero-order chi connectivity index (χ0) is 30.7. The topological polar surface area (TPSA) is 110 Å². The molecular weight excluding hydrogens is 542 g/mol. The van der Waals surface area contributed by atoms with Gasteiger partial charge in [0.2, 0.25) is 0 Å². The van der Waals surface area contributed by atoms with Gasteiger partial charge >= 0.3 is 11.4 Å². The van der Waals surface area contributed by atoms with Gasteiger partial charge in [0.15, 0.2) is 0 Å². The van der Waals surface area contributed by atoms with Gasteiger partial charge in [-0.2, -0.15) is 0 Å². The van der Waals surface area contributed by atoms with E-state index < -0.39 is 40.0 Å². The van der Waals surface area contributed by atoms with E-state index in [9.17, 15) is 24.9 Å². The highest BCUT2D eigenvalue weighted by molar-refractivity contribution is 5.38. The number of nitrogens with zero attached hydrogens (tertiary/aromatic N) is 3. The highest BCUT2D eigenvalue weighted by atomic mass is 16.3. The molecular formula is C35H49N3O5. The zero-order valence-corrected chi connectivity index (χ0v) is 26.4. The molecule has 4 aliphatic carbocycles. The van der Waals surface area contributed by atoms with E-state index in [0.717, 1.165) is 44.9 Å². The van der Waals surface area contributed by atoms with Crippen molar-refractivity contribution < 1.29 is 15.3 Å². The summed E-state index contributed by atoms with van der Waals surface area (Å²) < 4.78 is 4.80. The number of aliphatic hydroxyl groups is 3. The molecule has 8 rings (SSSR count). The summed E-state index contributed by atoms with van der Waals surface area (Å²) in [5.74, 6) is 1.02. The minimum absolute atomic E-state index is 0.0430. The molecule has 1 aromatic carbocycles. The summed E-state index contributed by atoms with van der Waals surface area (Å²) in [7, 11) is 0. The summed E-state index contributed by atoms with van der Waals surface area (Å²) >= 11 is 0. The highest BCUT2D eigenvalue weighted by Gasteiger charge is 2.76. The molecule has 8 nitrogen and oxygen atoms in total. The van der Waals surface area contributed by atoms with Crippen LogP contribution in [-0.4, -0.2) is 47.1 Å². The molecule has 8 heteroatoms. The van der Waals surface area contributed by atoms with Crippen molar-refractivity contribution in [1.29, 1.82) is 0 Å². The van der Waals surface area contributed by atoms with Crippen LogP contribution >= 0.6 is 0 Å². The molecule has 2 aliphatic heterocycles. The van der Waals surface area contributed by atoms with Crippen LogP contribution in [0.2, 0.25) is 0 Å². The summed E-state index contributed by atoms with van der Waals surface area (Å²) in [5.41, 5.74) is -3.35. The second-order valence-corrected chi connectivity index (χ2v) is 15.9. The standard InChI is InChI=1S/C35H49N3O5/c1-22(10-9-16-31(2,3)43)25-13-14-26-32(25,4)17-15-27-33(5)28(40)20-24(39)21-34(33)18-19-35(26,27)38-30(42)36(29(41)37(34)38)23-11-7-6-8-12-23/h6-8,11-12,18-19,22,24-28,39-40,43H,9-10,13-17,20-21H2,1-5H3. The molecule has 3 N–H and O–H groups in total. The van der Waals surface area contributed by atoms with E-state index in [1.54, 1.807) is 16.8 Å². The molecule has 1 aromatic heterocycles. The van der Waals surface area contributed by atoms with Crippen molar-refractivity contribution >= 4 is 0 Å². The lowest BCUT2D eigenvalue weighted by Gasteiger charge is -2.72. The van der Waals surface area contributed by atoms with Gasteiger partial charge in [-0.15, -0.1) is 0 Å². The van der Waals surface area contributed by atoms with E-state index in [4.69, 9.17) is 0 Å². The molecule has 6 aliphatic rings. The summed E-state index contributed by atoms with van der Waals surface area (Å²) in [6.45, 7) is 10.7. The number of rotatable bonds is 6. The molecule has 2 spiro atoms. The van der Waals surface area contributed by atoms with Crippen molar-refractivity contribution in [2.45, 2.75) is 121 Å². The van der Waals surface area contributed by atoms with Crippen molar-refractivity contribution in [1.82, 2.24) is 13.9 Å². The van der Waals surface area contributed by atoms with Crippen molar-refractivity contribution in [2.24, 2.45) is 34.5 Å². The van der Waals surface area contributed by atoms with Crippen LogP contribution in [-0.2, 0) is 11.1 Å². The van der Waals surface area contributed by atoms with Crippen LogP contribution in [0.5, 0.6) is 0 Å². The first-order valence-electron chi connectivity index (χ1n) is 16.5. The van der Waals surface area contributed by atoms with Gasteiger partial charge in [0.1, 0.15) is 0 Å². The fraction of sp³-hybridized carbons (Fsp3) is 0.714. The van der Waals surface area contributed by atoms with Crippen molar-refractivity contribution in [2.75, 3.05) is 0 Å². The van der Waals surface area contributed by atoms with Gasteiger partial charge in [-0.1, -0.05) is 64.0 Å². The van der Waals surface area contributed by atoms with Crippen LogP contribution in [0.15, 0.2) is 52.1 Å². The fourth-order valence-corrected chi connectivity index (χ4v) is 11.5. The minimum atomic E-state index is -0.997. The average molecular weight is 592 g/mol. The second-order valence-electron chi connectivity index (χ2n) is 15.9. The average Bonchev–Trinajstić information content (AvgIpc) is 3.44. The predicted octanol–water partition coefficient (Wildman–Crippen LogP) is 4.32. The van der Waals surface area contributed by atoms with Crippen molar-refractivity contribution in [3.8, 4) is 5.69 Å². The van der Waals surface area contributed by atoms with E-state index in [0.29, 0.717) is 23.9 Å². The maximum Gasteiger partial charge on any atom is 0.352 e. The van der Waals surface area contributed by atoms with Crippen LogP contribution < -0.4 is 11.4 Å². The minimum Gasteiger partial charge on any atom is -0.393 e. The van der Waals surface area contributed by atoms with Crippen LogP contribution in [0.3, 0.4) is 0 Å². The lowest BCUT2D eigenvalue weighted by Crippen LogP contribution is -2.79. The number of fused-ring (bicyclic) bond motifs is 1. The van der Waals surface area contributed by atoms with Gasteiger partial charge in [-0.3, -0.25) is 0 Å². The van der Waals surface area contributed by atoms with E-state index in [1.165, 1.54) is 4.57 Å².